The Morgan fingerprint density at radius 3 is 2.38 bits per heavy atom. The number of Topliss-reactive ketones (excluding diaryl/α,β-unsaturated/α-hetero) is 2. The van der Waals surface area contributed by atoms with Crippen molar-refractivity contribution in [1.29, 1.82) is 0 Å². The highest BCUT2D eigenvalue weighted by Gasteiger charge is 2.34. The summed E-state index contributed by atoms with van der Waals surface area (Å²) in [6.07, 6.45) is 0.531. The molecule has 1 aliphatic carbocycles. The van der Waals surface area contributed by atoms with E-state index < -0.39 is 11.3 Å². The maximum absolute atomic E-state index is 12.3. The van der Waals surface area contributed by atoms with E-state index in [0.29, 0.717) is 6.54 Å². The van der Waals surface area contributed by atoms with E-state index in [9.17, 15) is 19.2 Å². The third kappa shape index (κ3) is 5.19. The van der Waals surface area contributed by atoms with E-state index in [-0.39, 0.29) is 42.0 Å². The molecule has 0 aliphatic heterocycles. The Balaban J connectivity index is 1.91. The van der Waals surface area contributed by atoms with Crippen LogP contribution >= 0.6 is 11.8 Å². The molecule has 0 bridgehead atoms. The number of ketones is 2. The van der Waals surface area contributed by atoms with Crippen molar-refractivity contribution >= 4 is 35.1 Å². The lowest BCUT2D eigenvalue weighted by Gasteiger charge is -2.18. The first-order valence-corrected chi connectivity index (χ1v) is 8.78. The molecule has 0 heterocycles. The average molecular weight is 348 g/mol. The molecular formula is C17H20N2O4S. The minimum atomic E-state index is -0.780. The van der Waals surface area contributed by atoms with Crippen LogP contribution in [0, 0.1) is 0 Å². The molecule has 1 fully saturated rings. The van der Waals surface area contributed by atoms with Gasteiger partial charge in [0.2, 0.25) is 11.8 Å². The minimum Gasteiger partial charge on any atom is -0.350 e. The molecule has 1 unspecified atom stereocenters. The Morgan fingerprint density at radius 1 is 1.17 bits per heavy atom. The van der Waals surface area contributed by atoms with Gasteiger partial charge in [0.25, 0.3) is 0 Å². The molecule has 1 atom stereocenters. The number of rotatable bonds is 7. The van der Waals surface area contributed by atoms with Gasteiger partial charge < -0.3 is 10.6 Å². The lowest BCUT2D eigenvalue weighted by molar-refractivity contribution is -0.127. The zero-order valence-corrected chi connectivity index (χ0v) is 14.2. The first-order valence-electron chi connectivity index (χ1n) is 7.73. The lowest BCUT2D eigenvalue weighted by Crippen LogP contribution is -2.47. The van der Waals surface area contributed by atoms with Crippen molar-refractivity contribution in [1.82, 2.24) is 10.6 Å². The first-order chi connectivity index (χ1) is 11.5. The second kappa shape index (κ2) is 8.63. The van der Waals surface area contributed by atoms with Gasteiger partial charge in [-0.25, -0.2) is 0 Å². The van der Waals surface area contributed by atoms with E-state index in [2.05, 4.69) is 10.6 Å². The molecule has 24 heavy (non-hydrogen) atoms. The van der Waals surface area contributed by atoms with E-state index in [1.165, 1.54) is 6.92 Å². The maximum atomic E-state index is 12.3. The second-order valence-corrected chi connectivity index (χ2v) is 6.74. The van der Waals surface area contributed by atoms with Crippen LogP contribution in [-0.4, -0.2) is 40.4 Å². The number of carbonyl (C=O) groups excluding carboxylic acids is 4. The van der Waals surface area contributed by atoms with Gasteiger partial charge in [-0.15, -0.1) is 11.8 Å². The molecule has 0 radical (unpaired) electrons. The van der Waals surface area contributed by atoms with E-state index in [0.717, 1.165) is 17.3 Å². The third-order valence-electron chi connectivity index (χ3n) is 3.64. The highest BCUT2D eigenvalue weighted by atomic mass is 32.2. The summed E-state index contributed by atoms with van der Waals surface area (Å²) in [6, 6.07) is 8.63. The summed E-state index contributed by atoms with van der Waals surface area (Å²) < 4.78 is 0. The fraction of sp³-hybridized carbons (Fsp3) is 0.412. The second-order valence-electron chi connectivity index (χ2n) is 5.60. The van der Waals surface area contributed by atoms with Gasteiger partial charge in [0.05, 0.1) is 0 Å². The number of carbonyl (C=O) groups is 4. The predicted octanol–water partition coefficient (Wildman–Crippen LogP) is 0.841. The topological polar surface area (TPSA) is 92.3 Å². The van der Waals surface area contributed by atoms with E-state index in [4.69, 9.17) is 0 Å². The van der Waals surface area contributed by atoms with Crippen molar-refractivity contribution in [3.05, 3.63) is 35.9 Å². The van der Waals surface area contributed by atoms with Crippen LogP contribution < -0.4 is 10.6 Å². The summed E-state index contributed by atoms with van der Waals surface area (Å²) in [5.41, 5.74) is 0.946. The molecule has 2 N–H and O–H groups in total. The molecule has 1 aromatic carbocycles. The molecule has 0 saturated heterocycles. The molecule has 0 aromatic heterocycles. The molecule has 1 aliphatic rings. The van der Waals surface area contributed by atoms with Crippen LogP contribution in [-0.2, 0) is 25.7 Å². The van der Waals surface area contributed by atoms with E-state index in [1.54, 1.807) is 0 Å². The number of hydrogen-bond donors (Lipinski definition) is 2. The molecule has 7 heteroatoms. The van der Waals surface area contributed by atoms with Crippen LogP contribution in [0.4, 0.5) is 0 Å². The summed E-state index contributed by atoms with van der Waals surface area (Å²) in [5, 5.41) is 4.64. The van der Waals surface area contributed by atoms with Gasteiger partial charge in [0, 0.05) is 32.1 Å². The molecular weight excluding hydrogens is 328 g/mol. The Kier molecular flexibility index (Phi) is 6.54. The maximum Gasteiger partial charge on any atom is 0.243 e. The van der Waals surface area contributed by atoms with E-state index in [1.807, 2.05) is 30.3 Å². The van der Waals surface area contributed by atoms with Crippen molar-refractivity contribution in [3.63, 3.8) is 0 Å². The van der Waals surface area contributed by atoms with Gasteiger partial charge in [-0.3, -0.25) is 19.2 Å². The van der Waals surface area contributed by atoms with Crippen molar-refractivity contribution < 1.29 is 19.2 Å². The molecule has 1 aromatic rings. The normalized spacial score (nSPS) is 16.0. The standard InChI is InChI=1S/C17H20N2O4S/c1-11(20)19-13(10-24-16-14(21)7-8-15(16)22)17(23)18-9-12-5-3-2-4-6-12/h2-6,13,16H,7-10H2,1H3,(H,18,23)(H,19,20). The van der Waals surface area contributed by atoms with Crippen molar-refractivity contribution in [3.8, 4) is 0 Å². The van der Waals surface area contributed by atoms with Crippen molar-refractivity contribution in [2.75, 3.05) is 5.75 Å². The van der Waals surface area contributed by atoms with Crippen LogP contribution in [0.5, 0.6) is 0 Å². The van der Waals surface area contributed by atoms with Crippen LogP contribution in [0.25, 0.3) is 0 Å². The number of hydrogen-bond acceptors (Lipinski definition) is 5. The Labute approximate surface area is 144 Å². The zero-order chi connectivity index (χ0) is 17.5. The highest BCUT2D eigenvalue weighted by Crippen LogP contribution is 2.24. The van der Waals surface area contributed by atoms with Gasteiger partial charge in [-0.05, 0) is 5.56 Å². The molecule has 128 valence electrons. The van der Waals surface area contributed by atoms with Crippen LogP contribution in [0.15, 0.2) is 30.3 Å². The number of nitrogens with one attached hydrogen (secondary N) is 2. The molecule has 2 rings (SSSR count). The summed E-state index contributed by atoms with van der Waals surface area (Å²) >= 11 is 1.13. The fourth-order valence-electron chi connectivity index (χ4n) is 2.40. The Hall–Kier alpha value is -2.15. The van der Waals surface area contributed by atoms with Gasteiger partial charge >= 0.3 is 0 Å². The SMILES string of the molecule is CC(=O)NC(CSC1C(=O)CCC1=O)C(=O)NCc1ccccc1. The largest absolute Gasteiger partial charge is 0.350 e. The quantitative estimate of drug-likeness (QED) is 0.713. The fourth-order valence-corrected chi connectivity index (χ4v) is 3.63. The van der Waals surface area contributed by atoms with Gasteiger partial charge in [0.15, 0.2) is 11.6 Å². The molecule has 1 saturated carbocycles. The number of benzene rings is 1. The van der Waals surface area contributed by atoms with Crippen molar-refractivity contribution in [2.45, 2.75) is 37.6 Å². The monoisotopic (exact) mass is 348 g/mol. The summed E-state index contributed by atoms with van der Waals surface area (Å²) in [7, 11) is 0. The first kappa shape index (κ1) is 18.2. The smallest absolute Gasteiger partial charge is 0.243 e. The predicted molar refractivity (Wildman–Crippen MR) is 91.4 cm³/mol. The Morgan fingerprint density at radius 2 is 1.79 bits per heavy atom. The number of amides is 2. The molecule has 2 amide bonds. The zero-order valence-electron chi connectivity index (χ0n) is 13.4. The molecule has 0 spiro atoms. The highest BCUT2D eigenvalue weighted by molar-refractivity contribution is 8.01. The average Bonchev–Trinajstić information content (AvgIpc) is 2.88. The minimum absolute atomic E-state index is 0.101. The van der Waals surface area contributed by atoms with Gasteiger partial charge in [-0.2, -0.15) is 0 Å². The van der Waals surface area contributed by atoms with Crippen molar-refractivity contribution in [2.24, 2.45) is 0 Å². The summed E-state index contributed by atoms with van der Waals surface area (Å²) in [6.45, 7) is 1.68. The van der Waals surface area contributed by atoms with Crippen LogP contribution in [0.2, 0.25) is 0 Å². The Bertz CT molecular complexity index is 617. The lowest BCUT2D eigenvalue weighted by atomic mass is 10.2. The third-order valence-corrected chi connectivity index (χ3v) is 5.02. The van der Waals surface area contributed by atoms with E-state index >= 15 is 0 Å². The summed E-state index contributed by atoms with van der Waals surface area (Å²) in [4.78, 5) is 47.0. The summed E-state index contributed by atoms with van der Waals surface area (Å²) in [5.74, 6) is -0.686. The van der Waals surface area contributed by atoms with Gasteiger partial charge in [0.1, 0.15) is 11.3 Å². The molecule has 6 nitrogen and oxygen atoms in total. The van der Waals surface area contributed by atoms with Gasteiger partial charge in [-0.1, -0.05) is 30.3 Å². The van der Waals surface area contributed by atoms with Crippen LogP contribution in [0.1, 0.15) is 25.3 Å². The number of thioether (sulfide) groups is 1. The van der Waals surface area contributed by atoms with Crippen LogP contribution in [0.3, 0.4) is 0 Å².